The zero-order valence-corrected chi connectivity index (χ0v) is 17.4. The molecule has 2 aromatic carbocycles. The molecule has 0 aliphatic heterocycles. The largest absolute Gasteiger partial charge is 0.496 e. The highest BCUT2D eigenvalue weighted by Crippen LogP contribution is 2.28. The summed E-state index contributed by atoms with van der Waals surface area (Å²) in [6.45, 7) is 0.759. The molecule has 29 heavy (non-hydrogen) atoms. The maximum atomic E-state index is 10.9. The van der Waals surface area contributed by atoms with Crippen LogP contribution in [-0.4, -0.2) is 40.1 Å². The summed E-state index contributed by atoms with van der Waals surface area (Å²) in [5.74, 6) is 0.277. The molecule has 9 N–H and O–H groups in total. The van der Waals surface area contributed by atoms with E-state index in [0.717, 1.165) is 11.6 Å². The predicted molar refractivity (Wildman–Crippen MR) is 109 cm³/mol. The summed E-state index contributed by atoms with van der Waals surface area (Å²) in [7, 11) is -5.40. The molecule has 2 rings (SSSR count). The molecule has 0 saturated carbocycles. The summed E-state index contributed by atoms with van der Waals surface area (Å²) in [6, 6.07) is 6.90. The molecule has 0 aliphatic carbocycles. The van der Waals surface area contributed by atoms with Crippen LogP contribution in [0, 0.1) is 0 Å². The van der Waals surface area contributed by atoms with Crippen molar-refractivity contribution in [3.8, 4) is 5.75 Å². The smallest absolute Gasteiger partial charge is 0.296 e. The highest BCUT2D eigenvalue weighted by atomic mass is 32.2. The van der Waals surface area contributed by atoms with E-state index in [1.807, 2.05) is 0 Å². The quantitative estimate of drug-likeness (QED) is 0.260. The zero-order chi connectivity index (χ0) is 22.4. The Kier molecular flexibility index (Phi) is 8.37. The molecule has 13 heteroatoms. The number of nitrogens with two attached hydrogens (primary N) is 3. The average molecular weight is 449 g/mol. The summed E-state index contributed by atoms with van der Waals surface area (Å²) in [4.78, 5) is -0.631. The number of methoxy groups -OCH3 is 1. The third-order valence-electron chi connectivity index (χ3n) is 3.64. The average Bonchev–Trinajstić information content (AvgIpc) is 2.60. The molecule has 0 bridgehead atoms. The second-order valence-electron chi connectivity index (χ2n) is 5.76. The van der Waals surface area contributed by atoms with Crippen LogP contribution in [0.25, 0.3) is 0 Å². The molecule has 2 aromatic rings. The summed E-state index contributed by atoms with van der Waals surface area (Å²) in [6.07, 6.45) is 0. The van der Waals surface area contributed by atoms with E-state index < -0.39 is 20.2 Å². The Bertz CT molecular complexity index is 1070. The predicted octanol–water partition coefficient (Wildman–Crippen LogP) is 0.218. The Morgan fingerprint density at radius 1 is 0.966 bits per heavy atom. The van der Waals surface area contributed by atoms with Crippen molar-refractivity contribution >= 4 is 31.6 Å². The molecule has 0 aliphatic rings. The summed E-state index contributed by atoms with van der Waals surface area (Å²) >= 11 is 0. The van der Waals surface area contributed by atoms with Crippen molar-refractivity contribution in [3.05, 3.63) is 41.5 Å². The topological polar surface area (TPSA) is 208 Å². The first-order valence-electron chi connectivity index (χ1n) is 7.99. The van der Waals surface area contributed by atoms with Crippen LogP contribution in [0.4, 0.5) is 11.4 Å². The monoisotopic (exact) mass is 448 g/mol. The van der Waals surface area contributed by atoms with Crippen molar-refractivity contribution in [1.82, 2.24) is 5.32 Å². The van der Waals surface area contributed by atoms with Gasteiger partial charge in [-0.3, -0.25) is 9.11 Å². The van der Waals surface area contributed by atoms with Crippen molar-refractivity contribution in [2.75, 3.05) is 25.6 Å². The van der Waals surface area contributed by atoms with E-state index in [1.54, 1.807) is 13.1 Å². The van der Waals surface area contributed by atoms with Crippen molar-refractivity contribution < 1.29 is 30.7 Å². The maximum absolute atomic E-state index is 10.9. The molecule has 11 nitrogen and oxygen atoms in total. The number of anilines is 2. The van der Waals surface area contributed by atoms with Gasteiger partial charge in [-0.2, -0.15) is 16.8 Å². The van der Waals surface area contributed by atoms with Crippen molar-refractivity contribution in [2.45, 2.75) is 22.9 Å². The van der Waals surface area contributed by atoms with Crippen molar-refractivity contribution in [1.29, 1.82) is 0 Å². The zero-order valence-electron chi connectivity index (χ0n) is 15.8. The van der Waals surface area contributed by atoms with E-state index in [4.69, 9.17) is 31.0 Å². The first kappa shape index (κ1) is 24.6. The number of rotatable bonds is 6. The van der Waals surface area contributed by atoms with Gasteiger partial charge < -0.3 is 27.3 Å². The summed E-state index contributed by atoms with van der Waals surface area (Å²) < 4.78 is 65.9. The van der Waals surface area contributed by atoms with Crippen LogP contribution >= 0.6 is 0 Å². The molecule has 0 heterocycles. The third-order valence-corrected chi connectivity index (χ3v) is 5.48. The van der Waals surface area contributed by atoms with Gasteiger partial charge in [0.05, 0.1) is 18.5 Å². The van der Waals surface area contributed by atoms with E-state index >= 15 is 0 Å². The van der Waals surface area contributed by atoms with Crippen LogP contribution in [0.2, 0.25) is 0 Å². The van der Waals surface area contributed by atoms with Gasteiger partial charge in [-0.05, 0) is 30.8 Å². The van der Waals surface area contributed by atoms with E-state index in [2.05, 4.69) is 5.32 Å². The highest BCUT2D eigenvalue weighted by molar-refractivity contribution is 7.86. The fraction of sp³-hybridized carbons (Fsp3) is 0.250. The lowest BCUT2D eigenvalue weighted by Crippen LogP contribution is -2.08. The minimum atomic E-state index is -4.34. The lowest BCUT2D eigenvalue weighted by Gasteiger charge is -2.10. The van der Waals surface area contributed by atoms with Crippen molar-refractivity contribution in [3.63, 3.8) is 0 Å². The summed E-state index contributed by atoms with van der Waals surface area (Å²) in [5.41, 5.74) is 17.8. The third kappa shape index (κ3) is 6.85. The van der Waals surface area contributed by atoms with Gasteiger partial charge in [-0.1, -0.05) is 6.07 Å². The first-order chi connectivity index (χ1) is 13.3. The minimum Gasteiger partial charge on any atom is -0.496 e. The van der Waals surface area contributed by atoms with Gasteiger partial charge in [0, 0.05) is 24.7 Å². The Hall–Kier alpha value is -2.42. The SMILES string of the molecule is CNCc1ccc(S(=O)(=O)O)c(N)c1.COc1cc(S(=O)(=O)O)c(N)cc1CN. The Morgan fingerprint density at radius 3 is 1.93 bits per heavy atom. The van der Waals surface area contributed by atoms with Gasteiger partial charge in [-0.15, -0.1) is 0 Å². The van der Waals surface area contributed by atoms with Gasteiger partial charge >= 0.3 is 0 Å². The van der Waals surface area contributed by atoms with Crippen LogP contribution in [0.5, 0.6) is 5.75 Å². The molecular formula is C16H24N4O7S2. The first-order valence-corrected chi connectivity index (χ1v) is 10.9. The van der Waals surface area contributed by atoms with Gasteiger partial charge in [0.25, 0.3) is 20.2 Å². The van der Waals surface area contributed by atoms with Crippen LogP contribution in [0.1, 0.15) is 11.1 Å². The molecule has 0 unspecified atom stereocenters. The molecule has 0 saturated heterocycles. The van der Waals surface area contributed by atoms with Gasteiger partial charge in [0.1, 0.15) is 15.5 Å². The fourth-order valence-electron chi connectivity index (χ4n) is 2.34. The number of benzene rings is 2. The van der Waals surface area contributed by atoms with E-state index in [-0.39, 0.29) is 33.5 Å². The number of nitrogen functional groups attached to an aromatic ring is 2. The normalized spacial score (nSPS) is 11.5. The number of hydrogen-bond donors (Lipinski definition) is 6. The van der Waals surface area contributed by atoms with Crippen molar-refractivity contribution in [2.24, 2.45) is 5.73 Å². The second kappa shape index (κ2) is 9.87. The minimum absolute atomic E-state index is 0.0558. The van der Waals surface area contributed by atoms with Crippen LogP contribution < -0.4 is 27.3 Å². The van der Waals surface area contributed by atoms with E-state index in [9.17, 15) is 16.8 Å². The number of ether oxygens (including phenoxy) is 1. The maximum Gasteiger partial charge on any atom is 0.296 e. The van der Waals surface area contributed by atoms with Crippen LogP contribution in [-0.2, 0) is 33.3 Å². The molecular weight excluding hydrogens is 424 g/mol. The number of hydrogen-bond acceptors (Lipinski definition) is 9. The molecule has 0 atom stereocenters. The van der Waals surface area contributed by atoms with Crippen LogP contribution in [0.3, 0.4) is 0 Å². The van der Waals surface area contributed by atoms with Gasteiger partial charge in [0.2, 0.25) is 0 Å². The lowest BCUT2D eigenvalue weighted by atomic mass is 10.2. The molecule has 0 aromatic heterocycles. The summed E-state index contributed by atoms with van der Waals surface area (Å²) in [5, 5.41) is 2.90. The van der Waals surface area contributed by atoms with Gasteiger partial charge in [-0.25, -0.2) is 0 Å². The second-order valence-corrected chi connectivity index (χ2v) is 8.54. The molecule has 0 spiro atoms. The highest BCUT2D eigenvalue weighted by Gasteiger charge is 2.17. The van der Waals surface area contributed by atoms with E-state index in [1.165, 1.54) is 25.3 Å². The number of nitrogens with one attached hydrogen (secondary N) is 1. The Balaban J connectivity index is 0.000000291. The standard InChI is InChI=1S/C8H12N2O4S.C8H12N2O3S/c1-14-7-3-8(15(11,12)13)6(10)2-5(7)4-9;1-10-5-6-2-3-8(7(9)4-6)14(11,12)13/h2-3H,4,9-10H2,1H3,(H,11,12,13);2-4,10H,5,9H2,1H3,(H,11,12,13). The lowest BCUT2D eigenvalue weighted by molar-refractivity contribution is 0.407. The van der Waals surface area contributed by atoms with Gasteiger partial charge in [0.15, 0.2) is 0 Å². The Labute approximate surface area is 169 Å². The molecule has 0 radical (unpaired) electrons. The Morgan fingerprint density at radius 2 is 1.52 bits per heavy atom. The van der Waals surface area contributed by atoms with Crippen LogP contribution in [0.15, 0.2) is 40.1 Å². The molecule has 0 amide bonds. The molecule has 162 valence electrons. The molecule has 0 fully saturated rings. The van der Waals surface area contributed by atoms with E-state index in [0.29, 0.717) is 12.1 Å². The fourth-order valence-corrected chi connectivity index (χ4v) is 3.55.